The number of benzene rings is 3. The van der Waals surface area contributed by atoms with Gasteiger partial charge in [-0.3, -0.25) is 9.88 Å². The van der Waals surface area contributed by atoms with Crippen LogP contribution in [0.25, 0.3) is 11.1 Å². The average Bonchev–Trinajstić information content (AvgIpc) is 3.42. The molecule has 1 aliphatic carbocycles. The second-order valence-corrected chi connectivity index (χ2v) is 11.5. The minimum atomic E-state index is -0.0801. The Hall–Kier alpha value is -3.85. The molecule has 2 atom stereocenters. The van der Waals surface area contributed by atoms with Crippen molar-refractivity contribution in [3.63, 3.8) is 0 Å². The maximum Gasteiger partial charge on any atom is 0.142 e. The molecular weight excluding hydrogens is 530 g/mol. The lowest BCUT2D eigenvalue weighted by molar-refractivity contribution is 0.150. The van der Waals surface area contributed by atoms with Gasteiger partial charge in [0.1, 0.15) is 30.3 Å². The summed E-state index contributed by atoms with van der Waals surface area (Å²) >= 11 is 6.90. The van der Waals surface area contributed by atoms with E-state index in [1.165, 1.54) is 41.5 Å². The Kier molecular flexibility index (Phi) is 8.23. The number of aromatic nitrogens is 1. The lowest BCUT2D eigenvalue weighted by atomic mass is 9.97. The quantitative estimate of drug-likeness (QED) is 0.216. The molecule has 5 nitrogen and oxygen atoms in total. The van der Waals surface area contributed by atoms with Crippen LogP contribution in [-0.4, -0.2) is 22.5 Å². The highest BCUT2D eigenvalue weighted by Gasteiger charge is 2.28. The molecule has 0 radical (unpaired) electrons. The first kappa shape index (κ1) is 27.3. The topological polar surface area (TPSA) is 58.4 Å². The number of piperidine rings is 1. The van der Waals surface area contributed by atoms with Crippen molar-refractivity contribution in [1.82, 2.24) is 9.88 Å². The predicted molar refractivity (Wildman–Crippen MR) is 162 cm³/mol. The summed E-state index contributed by atoms with van der Waals surface area (Å²) in [6.07, 6.45) is 8.74. The van der Waals surface area contributed by atoms with Crippen molar-refractivity contribution in [2.45, 2.75) is 64.3 Å². The molecule has 1 saturated heterocycles. The van der Waals surface area contributed by atoms with E-state index in [1.54, 1.807) is 12.4 Å². The number of rotatable bonds is 8. The fourth-order valence-electron chi connectivity index (χ4n) is 6.10. The molecule has 0 spiro atoms. The van der Waals surface area contributed by atoms with Gasteiger partial charge in [0.25, 0.3) is 0 Å². The Labute approximate surface area is 247 Å². The lowest BCUT2D eigenvalue weighted by Crippen LogP contribution is -2.36. The summed E-state index contributed by atoms with van der Waals surface area (Å²) in [4.78, 5) is 6.69. The third kappa shape index (κ3) is 6.10. The van der Waals surface area contributed by atoms with Crippen LogP contribution in [0, 0.1) is 11.3 Å². The maximum absolute atomic E-state index is 9.29. The standard InChI is InChI=1S/C35H34ClN3O2/c1-24-8-5-6-15-39(24)22-28-17-32(36)35(18-34(28)40-23-26-16-25(19-37)20-38-21-26)41-33-14-13-30-29(11-7-12-31(30)33)27-9-3-2-4-10-27/h2-4,7,9-12,16-18,20-21,24,33H,5-6,8,13-15,22-23H2,1H3/t24-,33?/m1/s1. The number of hydrogen-bond donors (Lipinski definition) is 0. The van der Waals surface area contributed by atoms with Gasteiger partial charge in [-0.1, -0.05) is 66.6 Å². The van der Waals surface area contributed by atoms with Crippen LogP contribution in [0.3, 0.4) is 0 Å². The minimum absolute atomic E-state index is 0.0801. The SMILES string of the molecule is C[C@@H]1CCCCN1Cc1cc(Cl)c(OC2CCc3c(-c4ccccc4)cccc32)cc1OCc1cncc(C#N)c1. The number of nitriles is 1. The van der Waals surface area contributed by atoms with Crippen molar-refractivity contribution >= 4 is 11.6 Å². The van der Waals surface area contributed by atoms with Crippen molar-refractivity contribution in [3.8, 4) is 28.7 Å². The normalized spacial score (nSPS) is 18.5. The number of likely N-dealkylation sites (tertiary alicyclic amines) is 1. The number of fused-ring (bicyclic) bond motifs is 1. The number of ether oxygens (including phenoxy) is 2. The van der Waals surface area contributed by atoms with Crippen molar-refractivity contribution in [1.29, 1.82) is 5.26 Å². The molecular formula is C35H34ClN3O2. The zero-order valence-corrected chi connectivity index (χ0v) is 24.1. The maximum atomic E-state index is 9.29. The van der Waals surface area contributed by atoms with Gasteiger partial charge in [0.05, 0.1) is 10.6 Å². The summed E-state index contributed by atoms with van der Waals surface area (Å²) < 4.78 is 13.0. The van der Waals surface area contributed by atoms with Gasteiger partial charge in [-0.25, -0.2) is 0 Å². The van der Waals surface area contributed by atoms with E-state index in [-0.39, 0.29) is 6.10 Å². The summed E-state index contributed by atoms with van der Waals surface area (Å²) in [6.45, 7) is 4.42. The van der Waals surface area contributed by atoms with Crippen molar-refractivity contribution in [3.05, 3.63) is 112 Å². The van der Waals surface area contributed by atoms with Crippen LogP contribution in [0.15, 0.2) is 79.1 Å². The summed E-state index contributed by atoms with van der Waals surface area (Å²) in [5, 5.41) is 9.88. The number of hydrogen-bond acceptors (Lipinski definition) is 5. The molecule has 0 N–H and O–H groups in total. The van der Waals surface area contributed by atoms with E-state index in [4.69, 9.17) is 21.1 Å². The molecule has 41 heavy (non-hydrogen) atoms. The first-order valence-corrected chi connectivity index (χ1v) is 14.8. The predicted octanol–water partition coefficient (Wildman–Crippen LogP) is 8.29. The van der Waals surface area contributed by atoms with Crippen LogP contribution in [0.2, 0.25) is 5.02 Å². The average molecular weight is 564 g/mol. The van der Waals surface area contributed by atoms with Gasteiger partial charge in [0.15, 0.2) is 0 Å². The van der Waals surface area contributed by atoms with E-state index in [0.717, 1.165) is 42.8 Å². The Morgan fingerprint density at radius 3 is 2.71 bits per heavy atom. The highest BCUT2D eigenvalue weighted by atomic mass is 35.5. The second-order valence-electron chi connectivity index (χ2n) is 11.1. The molecule has 2 heterocycles. The fourth-order valence-corrected chi connectivity index (χ4v) is 6.34. The van der Waals surface area contributed by atoms with Gasteiger partial charge in [0.2, 0.25) is 0 Å². The van der Waals surface area contributed by atoms with Crippen molar-refractivity contribution in [2.75, 3.05) is 6.54 Å². The van der Waals surface area contributed by atoms with E-state index < -0.39 is 0 Å². The molecule has 1 fully saturated rings. The number of nitrogens with zero attached hydrogens (tertiary/aromatic N) is 3. The molecule has 1 unspecified atom stereocenters. The van der Waals surface area contributed by atoms with Crippen molar-refractivity contribution in [2.24, 2.45) is 0 Å². The molecule has 208 valence electrons. The Morgan fingerprint density at radius 2 is 1.88 bits per heavy atom. The Morgan fingerprint density at radius 1 is 1.00 bits per heavy atom. The van der Waals surface area contributed by atoms with E-state index in [0.29, 0.717) is 29.0 Å². The van der Waals surface area contributed by atoms with Gasteiger partial charge in [-0.15, -0.1) is 0 Å². The zero-order valence-electron chi connectivity index (χ0n) is 23.4. The van der Waals surface area contributed by atoms with Crippen LogP contribution < -0.4 is 9.47 Å². The van der Waals surface area contributed by atoms with E-state index >= 15 is 0 Å². The third-order valence-electron chi connectivity index (χ3n) is 8.32. The molecule has 0 bridgehead atoms. The lowest BCUT2D eigenvalue weighted by Gasteiger charge is -2.33. The van der Waals surface area contributed by atoms with Crippen LogP contribution in [0.1, 0.15) is 66.5 Å². The highest BCUT2D eigenvalue weighted by molar-refractivity contribution is 6.32. The highest BCUT2D eigenvalue weighted by Crippen LogP contribution is 2.43. The van der Waals surface area contributed by atoms with Gasteiger partial charge in [-0.05, 0) is 73.5 Å². The van der Waals surface area contributed by atoms with Gasteiger partial charge >= 0.3 is 0 Å². The largest absolute Gasteiger partial charge is 0.488 e. The van der Waals surface area contributed by atoms with Crippen LogP contribution in [0.5, 0.6) is 11.5 Å². The van der Waals surface area contributed by atoms with Gasteiger partial charge < -0.3 is 9.47 Å². The third-order valence-corrected chi connectivity index (χ3v) is 8.61. The van der Waals surface area contributed by atoms with Gasteiger partial charge in [0, 0.05) is 42.2 Å². The second kappa shape index (κ2) is 12.3. The van der Waals surface area contributed by atoms with Gasteiger partial charge in [-0.2, -0.15) is 5.26 Å². The molecule has 0 saturated carbocycles. The van der Waals surface area contributed by atoms with E-state index in [1.807, 2.05) is 24.3 Å². The van der Waals surface area contributed by atoms with E-state index in [2.05, 4.69) is 65.3 Å². The Bertz CT molecular complexity index is 1570. The fraction of sp³-hybridized carbons (Fsp3) is 0.314. The van der Waals surface area contributed by atoms with Crippen LogP contribution >= 0.6 is 11.6 Å². The summed E-state index contributed by atoms with van der Waals surface area (Å²) in [7, 11) is 0. The molecule has 3 aromatic carbocycles. The summed E-state index contributed by atoms with van der Waals surface area (Å²) in [6, 6.07) is 25.5. The molecule has 1 aliphatic heterocycles. The molecule has 2 aliphatic rings. The van der Waals surface area contributed by atoms with Crippen LogP contribution in [-0.2, 0) is 19.6 Å². The molecule has 4 aromatic rings. The summed E-state index contributed by atoms with van der Waals surface area (Å²) in [5.41, 5.74) is 7.46. The first-order valence-electron chi connectivity index (χ1n) is 14.5. The number of pyridine rings is 1. The molecule has 6 heteroatoms. The monoisotopic (exact) mass is 563 g/mol. The summed E-state index contributed by atoms with van der Waals surface area (Å²) in [5.74, 6) is 1.38. The van der Waals surface area contributed by atoms with Crippen LogP contribution in [0.4, 0.5) is 0 Å². The Balaban J connectivity index is 1.28. The van der Waals surface area contributed by atoms with E-state index in [9.17, 15) is 5.26 Å². The first-order chi connectivity index (χ1) is 20.1. The zero-order chi connectivity index (χ0) is 28.2. The molecule has 6 rings (SSSR count). The minimum Gasteiger partial charge on any atom is -0.488 e. The smallest absolute Gasteiger partial charge is 0.142 e. The number of halogens is 1. The molecule has 0 amide bonds. The molecule has 1 aromatic heterocycles. The van der Waals surface area contributed by atoms with Crippen molar-refractivity contribution < 1.29 is 9.47 Å².